The van der Waals surface area contributed by atoms with Crippen molar-refractivity contribution in [2.75, 3.05) is 12.4 Å². The van der Waals surface area contributed by atoms with Gasteiger partial charge in [0, 0.05) is 5.75 Å². The summed E-state index contributed by atoms with van der Waals surface area (Å²) < 4.78 is 5.18. The Balaban J connectivity index is 2.61. The van der Waals surface area contributed by atoms with E-state index in [4.69, 9.17) is 4.74 Å². The fourth-order valence-corrected chi connectivity index (χ4v) is 2.64. The van der Waals surface area contributed by atoms with Gasteiger partial charge in [-0.2, -0.15) is 0 Å². The minimum atomic E-state index is -0.559. The second-order valence-electron chi connectivity index (χ2n) is 2.84. The number of aliphatic hydroxyl groups is 1. The molecule has 1 unspecified atom stereocenters. The third-order valence-corrected chi connectivity index (χ3v) is 4.12. The molecule has 66 valence electrons. The SMILES string of the molecule is CCC1(CC)SCCOC1O. The molecule has 0 aromatic rings. The van der Waals surface area contributed by atoms with Gasteiger partial charge in [0.2, 0.25) is 0 Å². The summed E-state index contributed by atoms with van der Waals surface area (Å²) in [6, 6.07) is 0. The highest BCUT2D eigenvalue weighted by atomic mass is 32.2. The van der Waals surface area contributed by atoms with Gasteiger partial charge in [0.1, 0.15) is 0 Å². The topological polar surface area (TPSA) is 29.5 Å². The van der Waals surface area contributed by atoms with Gasteiger partial charge < -0.3 is 9.84 Å². The van der Waals surface area contributed by atoms with Gasteiger partial charge in [-0.25, -0.2) is 0 Å². The Morgan fingerprint density at radius 3 is 2.55 bits per heavy atom. The van der Waals surface area contributed by atoms with Crippen LogP contribution in [0.1, 0.15) is 26.7 Å². The summed E-state index contributed by atoms with van der Waals surface area (Å²) in [5.41, 5.74) is 0. The summed E-state index contributed by atoms with van der Waals surface area (Å²) >= 11 is 1.84. The number of hydrogen-bond donors (Lipinski definition) is 1. The van der Waals surface area contributed by atoms with Crippen molar-refractivity contribution >= 4 is 11.8 Å². The maximum atomic E-state index is 9.58. The van der Waals surface area contributed by atoms with Gasteiger partial charge in [-0.05, 0) is 12.8 Å². The van der Waals surface area contributed by atoms with Crippen LogP contribution in [-0.2, 0) is 4.74 Å². The fraction of sp³-hybridized carbons (Fsp3) is 1.00. The fourth-order valence-electron chi connectivity index (χ4n) is 1.43. The van der Waals surface area contributed by atoms with Crippen LogP contribution in [0.4, 0.5) is 0 Å². The monoisotopic (exact) mass is 176 g/mol. The molecule has 1 atom stereocenters. The van der Waals surface area contributed by atoms with Crippen LogP contribution in [0.15, 0.2) is 0 Å². The minimum Gasteiger partial charge on any atom is -0.367 e. The van der Waals surface area contributed by atoms with Crippen LogP contribution in [0.3, 0.4) is 0 Å². The van der Waals surface area contributed by atoms with E-state index in [1.54, 1.807) is 0 Å². The summed E-state index contributed by atoms with van der Waals surface area (Å²) in [6.45, 7) is 4.90. The maximum Gasteiger partial charge on any atom is 0.169 e. The number of rotatable bonds is 2. The Bertz CT molecular complexity index is 123. The predicted molar refractivity (Wildman–Crippen MR) is 47.7 cm³/mol. The molecule has 0 amide bonds. The second kappa shape index (κ2) is 3.78. The van der Waals surface area contributed by atoms with Gasteiger partial charge >= 0.3 is 0 Å². The van der Waals surface area contributed by atoms with Crippen molar-refractivity contribution in [1.82, 2.24) is 0 Å². The summed E-state index contributed by atoms with van der Waals surface area (Å²) in [4.78, 5) is 0. The average molecular weight is 176 g/mol. The van der Waals surface area contributed by atoms with Gasteiger partial charge in [-0.1, -0.05) is 13.8 Å². The molecule has 1 aliphatic heterocycles. The zero-order chi connectivity index (χ0) is 8.32. The van der Waals surface area contributed by atoms with Crippen molar-refractivity contribution in [3.63, 3.8) is 0 Å². The molecule has 1 N–H and O–H groups in total. The Morgan fingerprint density at radius 2 is 2.18 bits per heavy atom. The van der Waals surface area contributed by atoms with Crippen LogP contribution >= 0.6 is 11.8 Å². The lowest BCUT2D eigenvalue weighted by Crippen LogP contribution is -2.44. The van der Waals surface area contributed by atoms with Gasteiger partial charge in [0.25, 0.3) is 0 Å². The van der Waals surface area contributed by atoms with E-state index in [2.05, 4.69) is 13.8 Å². The van der Waals surface area contributed by atoms with Gasteiger partial charge in [0.05, 0.1) is 11.4 Å². The summed E-state index contributed by atoms with van der Waals surface area (Å²) in [7, 11) is 0. The van der Waals surface area contributed by atoms with Crippen molar-refractivity contribution in [1.29, 1.82) is 0 Å². The molecule has 0 spiro atoms. The van der Waals surface area contributed by atoms with E-state index in [-0.39, 0.29) is 4.75 Å². The molecule has 0 radical (unpaired) electrons. The second-order valence-corrected chi connectivity index (χ2v) is 4.35. The molecule has 1 aliphatic rings. The van der Waals surface area contributed by atoms with E-state index >= 15 is 0 Å². The van der Waals surface area contributed by atoms with E-state index in [9.17, 15) is 5.11 Å². The highest BCUT2D eigenvalue weighted by molar-refractivity contribution is 8.00. The Labute approximate surface area is 72.3 Å². The highest BCUT2D eigenvalue weighted by Gasteiger charge is 2.38. The quantitative estimate of drug-likeness (QED) is 0.693. The molecular formula is C8H16O2S. The van der Waals surface area contributed by atoms with Crippen molar-refractivity contribution in [2.45, 2.75) is 37.7 Å². The number of aliphatic hydroxyl groups excluding tert-OH is 1. The molecule has 0 saturated carbocycles. The number of thioether (sulfide) groups is 1. The molecule has 3 heteroatoms. The zero-order valence-electron chi connectivity index (χ0n) is 7.17. The van der Waals surface area contributed by atoms with Crippen LogP contribution in [0.5, 0.6) is 0 Å². The van der Waals surface area contributed by atoms with E-state index < -0.39 is 6.29 Å². The van der Waals surface area contributed by atoms with Crippen molar-refractivity contribution < 1.29 is 9.84 Å². The number of ether oxygens (including phenoxy) is 1. The third-order valence-electron chi connectivity index (χ3n) is 2.40. The van der Waals surface area contributed by atoms with Crippen molar-refractivity contribution in [3.05, 3.63) is 0 Å². The molecule has 2 nitrogen and oxygen atoms in total. The minimum absolute atomic E-state index is 0.0295. The molecule has 0 bridgehead atoms. The van der Waals surface area contributed by atoms with Crippen molar-refractivity contribution in [3.8, 4) is 0 Å². The van der Waals surface area contributed by atoms with Gasteiger partial charge in [0.15, 0.2) is 6.29 Å². The molecule has 1 fully saturated rings. The zero-order valence-corrected chi connectivity index (χ0v) is 7.99. The van der Waals surface area contributed by atoms with E-state index in [0.717, 1.165) is 18.6 Å². The maximum absolute atomic E-state index is 9.58. The van der Waals surface area contributed by atoms with Crippen LogP contribution in [0, 0.1) is 0 Å². The van der Waals surface area contributed by atoms with E-state index in [1.807, 2.05) is 11.8 Å². The van der Waals surface area contributed by atoms with Crippen molar-refractivity contribution in [2.24, 2.45) is 0 Å². The van der Waals surface area contributed by atoms with Crippen LogP contribution in [-0.4, -0.2) is 28.5 Å². The van der Waals surface area contributed by atoms with Gasteiger partial charge in [-0.3, -0.25) is 0 Å². The third kappa shape index (κ3) is 1.71. The molecule has 1 rings (SSSR count). The average Bonchev–Trinajstić information content (AvgIpc) is 2.06. The summed E-state index contributed by atoms with van der Waals surface area (Å²) in [6.07, 6.45) is 1.40. The van der Waals surface area contributed by atoms with Crippen LogP contribution in [0.25, 0.3) is 0 Å². The standard InChI is InChI=1S/C8H16O2S/c1-3-8(4-2)7(9)10-5-6-11-8/h7,9H,3-6H2,1-2H3. The Hall–Kier alpha value is 0.270. The highest BCUT2D eigenvalue weighted by Crippen LogP contribution is 2.39. The van der Waals surface area contributed by atoms with E-state index in [1.165, 1.54) is 0 Å². The Morgan fingerprint density at radius 1 is 1.55 bits per heavy atom. The lowest BCUT2D eigenvalue weighted by Gasteiger charge is -2.39. The van der Waals surface area contributed by atoms with Gasteiger partial charge in [-0.15, -0.1) is 11.8 Å². The summed E-state index contributed by atoms with van der Waals surface area (Å²) in [5, 5.41) is 9.58. The first-order chi connectivity index (χ1) is 5.25. The smallest absolute Gasteiger partial charge is 0.169 e. The number of hydrogen-bond acceptors (Lipinski definition) is 3. The normalized spacial score (nSPS) is 30.3. The molecule has 0 aliphatic carbocycles. The first kappa shape index (κ1) is 9.36. The van der Waals surface area contributed by atoms with E-state index in [0.29, 0.717) is 6.61 Å². The summed E-state index contributed by atoms with van der Waals surface area (Å²) in [5.74, 6) is 1.01. The first-order valence-electron chi connectivity index (χ1n) is 4.19. The predicted octanol–water partition coefficient (Wildman–Crippen LogP) is 1.63. The molecule has 11 heavy (non-hydrogen) atoms. The van der Waals surface area contributed by atoms with Crippen LogP contribution in [0.2, 0.25) is 0 Å². The van der Waals surface area contributed by atoms with Crippen LogP contribution < -0.4 is 0 Å². The lowest BCUT2D eigenvalue weighted by atomic mass is 10.0. The first-order valence-corrected chi connectivity index (χ1v) is 5.17. The lowest BCUT2D eigenvalue weighted by molar-refractivity contribution is -0.124. The molecule has 1 heterocycles. The molecule has 1 saturated heterocycles. The molecule has 0 aromatic carbocycles. The molecular weight excluding hydrogens is 160 g/mol. The molecule has 0 aromatic heterocycles. The Kier molecular flexibility index (Phi) is 3.22. The largest absolute Gasteiger partial charge is 0.367 e.